The first kappa shape index (κ1) is 16.4. The van der Waals surface area contributed by atoms with Gasteiger partial charge < -0.3 is 10.2 Å². The van der Waals surface area contributed by atoms with Crippen molar-refractivity contribution in [2.75, 3.05) is 23.3 Å². The summed E-state index contributed by atoms with van der Waals surface area (Å²) < 4.78 is 0. The Labute approximate surface area is 157 Å². The Bertz CT molecular complexity index is 821. The zero-order valence-electron chi connectivity index (χ0n) is 13.9. The van der Waals surface area contributed by atoms with Crippen LogP contribution in [0.5, 0.6) is 0 Å². The fourth-order valence-corrected chi connectivity index (χ4v) is 3.98. The van der Waals surface area contributed by atoms with E-state index in [1.165, 1.54) is 38.0 Å². The third-order valence-electron chi connectivity index (χ3n) is 4.48. The molecule has 3 aromatic rings. The highest BCUT2D eigenvalue weighted by Crippen LogP contribution is 2.29. The molecule has 128 valence electrons. The highest BCUT2D eigenvalue weighted by atomic mass is 35.5. The van der Waals surface area contributed by atoms with Crippen LogP contribution in [0.15, 0.2) is 53.9 Å². The summed E-state index contributed by atoms with van der Waals surface area (Å²) >= 11 is 7.53. The first-order chi connectivity index (χ1) is 12.3. The van der Waals surface area contributed by atoms with Crippen LogP contribution < -0.4 is 10.2 Å². The average Bonchev–Trinajstić information content (AvgIpc) is 3.13. The van der Waals surface area contributed by atoms with Crippen molar-refractivity contribution in [3.05, 3.63) is 58.9 Å². The molecule has 0 saturated carbocycles. The number of rotatable bonds is 4. The molecule has 2 aromatic carbocycles. The van der Waals surface area contributed by atoms with Gasteiger partial charge in [0.15, 0.2) is 5.13 Å². The van der Waals surface area contributed by atoms with E-state index in [2.05, 4.69) is 39.9 Å². The highest BCUT2D eigenvalue weighted by molar-refractivity contribution is 7.14. The zero-order chi connectivity index (χ0) is 17.1. The van der Waals surface area contributed by atoms with E-state index in [0.717, 1.165) is 27.1 Å². The van der Waals surface area contributed by atoms with Crippen molar-refractivity contribution in [2.24, 2.45) is 0 Å². The minimum Gasteiger partial charge on any atom is -0.372 e. The summed E-state index contributed by atoms with van der Waals surface area (Å²) in [5.41, 5.74) is 4.47. The predicted octanol–water partition coefficient (Wildman–Crippen LogP) is 6.20. The number of nitrogens with one attached hydrogen (secondary N) is 1. The molecule has 2 heterocycles. The van der Waals surface area contributed by atoms with Crippen molar-refractivity contribution in [2.45, 2.75) is 19.3 Å². The topological polar surface area (TPSA) is 28.2 Å². The van der Waals surface area contributed by atoms with Crippen LogP contribution in [0.25, 0.3) is 11.3 Å². The van der Waals surface area contributed by atoms with Gasteiger partial charge in [0.1, 0.15) is 0 Å². The Kier molecular flexibility index (Phi) is 4.90. The smallest absolute Gasteiger partial charge is 0.187 e. The van der Waals surface area contributed by atoms with E-state index in [1.54, 1.807) is 11.3 Å². The fourth-order valence-electron chi connectivity index (χ4n) is 3.12. The molecule has 0 bridgehead atoms. The van der Waals surface area contributed by atoms with Crippen LogP contribution in [0.1, 0.15) is 19.3 Å². The highest BCUT2D eigenvalue weighted by Gasteiger charge is 2.11. The first-order valence-corrected chi connectivity index (χ1v) is 9.87. The molecule has 0 radical (unpaired) electrons. The molecule has 0 unspecified atom stereocenters. The number of hydrogen-bond donors (Lipinski definition) is 1. The Morgan fingerprint density at radius 1 is 0.920 bits per heavy atom. The van der Waals surface area contributed by atoms with E-state index in [1.807, 2.05) is 24.3 Å². The van der Waals surface area contributed by atoms with Crippen LogP contribution in [0.4, 0.5) is 16.5 Å². The number of aromatic nitrogens is 1. The van der Waals surface area contributed by atoms with Crippen LogP contribution in [0.3, 0.4) is 0 Å². The lowest BCUT2D eigenvalue weighted by Crippen LogP contribution is -2.29. The number of piperidine rings is 1. The number of anilines is 3. The maximum atomic E-state index is 5.92. The predicted molar refractivity (Wildman–Crippen MR) is 108 cm³/mol. The Morgan fingerprint density at radius 2 is 1.64 bits per heavy atom. The quantitative estimate of drug-likeness (QED) is 0.593. The second kappa shape index (κ2) is 7.46. The molecule has 1 saturated heterocycles. The molecule has 1 aromatic heterocycles. The molecule has 4 rings (SSSR count). The monoisotopic (exact) mass is 369 g/mol. The summed E-state index contributed by atoms with van der Waals surface area (Å²) in [4.78, 5) is 7.18. The summed E-state index contributed by atoms with van der Waals surface area (Å²) in [5.74, 6) is 0. The van der Waals surface area contributed by atoms with Gasteiger partial charge in [-0.1, -0.05) is 23.7 Å². The van der Waals surface area contributed by atoms with Crippen molar-refractivity contribution in [3.8, 4) is 11.3 Å². The third kappa shape index (κ3) is 3.97. The van der Waals surface area contributed by atoms with Crippen LogP contribution in [-0.2, 0) is 0 Å². The summed E-state index contributed by atoms with van der Waals surface area (Å²) in [6.07, 6.45) is 3.96. The number of halogens is 1. The van der Waals surface area contributed by atoms with Crippen LogP contribution in [0.2, 0.25) is 5.02 Å². The van der Waals surface area contributed by atoms with E-state index in [4.69, 9.17) is 16.6 Å². The fraction of sp³-hybridized carbons (Fsp3) is 0.250. The van der Waals surface area contributed by atoms with E-state index in [0.29, 0.717) is 0 Å². The third-order valence-corrected chi connectivity index (χ3v) is 5.49. The van der Waals surface area contributed by atoms with Gasteiger partial charge in [0.25, 0.3) is 0 Å². The minimum atomic E-state index is 0.735. The zero-order valence-corrected chi connectivity index (χ0v) is 15.5. The average molecular weight is 370 g/mol. The largest absolute Gasteiger partial charge is 0.372 e. The molecule has 0 atom stereocenters. The van der Waals surface area contributed by atoms with Gasteiger partial charge in [0.2, 0.25) is 0 Å². The van der Waals surface area contributed by atoms with Gasteiger partial charge in [0.05, 0.1) is 5.69 Å². The molecular weight excluding hydrogens is 350 g/mol. The lowest BCUT2D eigenvalue weighted by atomic mass is 10.1. The van der Waals surface area contributed by atoms with Gasteiger partial charge in [-0.15, -0.1) is 11.3 Å². The molecule has 1 aliphatic rings. The number of benzene rings is 2. The standard InChI is InChI=1S/C20H20ClN3S/c21-16-6-8-17(9-7-16)22-20-23-19(14-25-20)15-4-10-18(11-5-15)24-12-2-1-3-13-24/h4-11,14H,1-3,12-13H2,(H,22,23). The SMILES string of the molecule is Clc1ccc(Nc2nc(-c3ccc(N4CCCCC4)cc3)cs2)cc1. The van der Waals surface area contributed by atoms with Gasteiger partial charge >= 0.3 is 0 Å². The second-order valence-electron chi connectivity index (χ2n) is 6.26. The van der Waals surface area contributed by atoms with Gasteiger partial charge in [0, 0.05) is 40.4 Å². The first-order valence-electron chi connectivity index (χ1n) is 8.61. The number of hydrogen-bond acceptors (Lipinski definition) is 4. The number of nitrogens with zero attached hydrogens (tertiary/aromatic N) is 2. The minimum absolute atomic E-state index is 0.735. The van der Waals surface area contributed by atoms with Crippen molar-refractivity contribution < 1.29 is 0 Å². The molecule has 25 heavy (non-hydrogen) atoms. The molecule has 1 fully saturated rings. The number of thiazole rings is 1. The van der Waals surface area contributed by atoms with E-state index >= 15 is 0 Å². The van der Waals surface area contributed by atoms with Gasteiger partial charge in [-0.25, -0.2) is 4.98 Å². The van der Waals surface area contributed by atoms with Gasteiger partial charge in [-0.05, 0) is 55.7 Å². The summed E-state index contributed by atoms with van der Waals surface area (Å²) in [6, 6.07) is 16.4. The van der Waals surface area contributed by atoms with E-state index in [9.17, 15) is 0 Å². The Morgan fingerprint density at radius 3 is 2.36 bits per heavy atom. The molecule has 0 amide bonds. The summed E-state index contributed by atoms with van der Waals surface area (Å²) in [5, 5.41) is 7.04. The molecule has 0 spiro atoms. The van der Waals surface area contributed by atoms with Crippen molar-refractivity contribution in [3.63, 3.8) is 0 Å². The Hall–Kier alpha value is -2.04. The van der Waals surface area contributed by atoms with E-state index < -0.39 is 0 Å². The normalized spacial score (nSPS) is 14.5. The van der Waals surface area contributed by atoms with Crippen LogP contribution >= 0.6 is 22.9 Å². The molecule has 1 N–H and O–H groups in total. The molecule has 0 aliphatic carbocycles. The molecule has 3 nitrogen and oxygen atoms in total. The van der Waals surface area contributed by atoms with Crippen molar-refractivity contribution in [1.82, 2.24) is 4.98 Å². The van der Waals surface area contributed by atoms with Crippen molar-refractivity contribution >= 4 is 39.4 Å². The molecular formula is C20H20ClN3S. The lowest BCUT2D eigenvalue weighted by molar-refractivity contribution is 0.578. The van der Waals surface area contributed by atoms with Crippen LogP contribution in [-0.4, -0.2) is 18.1 Å². The maximum Gasteiger partial charge on any atom is 0.187 e. The maximum absolute atomic E-state index is 5.92. The Balaban J connectivity index is 1.46. The lowest BCUT2D eigenvalue weighted by Gasteiger charge is -2.28. The van der Waals surface area contributed by atoms with Gasteiger partial charge in [-0.3, -0.25) is 0 Å². The summed E-state index contributed by atoms with van der Waals surface area (Å²) in [6.45, 7) is 2.34. The van der Waals surface area contributed by atoms with Crippen molar-refractivity contribution in [1.29, 1.82) is 0 Å². The van der Waals surface area contributed by atoms with E-state index in [-0.39, 0.29) is 0 Å². The summed E-state index contributed by atoms with van der Waals surface area (Å²) in [7, 11) is 0. The second-order valence-corrected chi connectivity index (χ2v) is 7.56. The van der Waals surface area contributed by atoms with Gasteiger partial charge in [-0.2, -0.15) is 0 Å². The molecule has 1 aliphatic heterocycles. The van der Waals surface area contributed by atoms with Crippen LogP contribution in [0, 0.1) is 0 Å². The molecule has 5 heteroatoms.